The lowest BCUT2D eigenvalue weighted by atomic mass is 10.2. The Labute approximate surface area is 134 Å². The van der Waals surface area contributed by atoms with Crippen molar-refractivity contribution in [1.82, 2.24) is 4.98 Å². The lowest BCUT2D eigenvalue weighted by Gasteiger charge is -2.14. The summed E-state index contributed by atoms with van der Waals surface area (Å²) < 4.78 is 0. The topological polar surface area (TPSA) is 74.2 Å². The van der Waals surface area contributed by atoms with Crippen LogP contribution in [0.25, 0.3) is 0 Å². The number of rotatable bonds is 6. The molecule has 0 aliphatic carbocycles. The Morgan fingerprint density at radius 3 is 2.77 bits per heavy atom. The van der Waals surface area contributed by atoms with Crippen molar-refractivity contribution in [2.75, 3.05) is 17.2 Å². The van der Waals surface area contributed by atoms with Gasteiger partial charge in [-0.25, -0.2) is 4.98 Å². The second-order valence-electron chi connectivity index (χ2n) is 4.83. The van der Waals surface area contributed by atoms with Crippen molar-refractivity contribution in [3.05, 3.63) is 53.2 Å². The van der Waals surface area contributed by atoms with Gasteiger partial charge in [-0.15, -0.1) is 0 Å². The summed E-state index contributed by atoms with van der Waals surface area (Å²) in [5.41, 5.74) is 1.08. The average molecular weight is 320 g/mol. The Morgan fingerprint density at radius 1 is 1.36 bits per heavy atom. The molecule has 0 aliphatic rings. The van der Waals surface area contributed by atoms with Gasteiger partial charge in [-0.3, -0.25) is 4.79 Å². The Morgan fingerprint density at radius 2 is 2.18 bits per heavy atom. The lowest BCUT2D eigenvalue weighted by Crippen LogP contribution is -2.23. The second kappa shape index (κ2) is 7.77. The molecule has 1 amide bonds. The standard InChI is InChI=1S/C16H18ClN3O2/c1-2-13(10-21)19-15-7-6-11(9-18-15)16(22)20-14-5-3-4-12(17)8-14/h3-9,13,21H,2,10H2,1H3,(H,18,19)(H,20,22)/t13-/m0/s1. The van der Waals surface area contributed by atoms with Gasteiger partial charge < -0.3 is 15.7 Å². The summed E-state index contributed by atoms with van der Waals surface area (Å²) >= 11 is 5.88. The van der Waals surface area contributed by atoms with Gasteiger partial charge >= 0.3 is 0 Å². The highest BCUT2D eigenvalue weighted by Gasteiger charge is 2.09. The van der Waals surface area contributed by atoms with E-state index in [4.69, 9.17) is 16.7 Å². The quantitative estimate of drug-likeness (QED) is 0.764. The van der Waals surface area contributed by atoms with Gasteiger partial charge in [0.05, 0.1) is 18.2 Å². The van der Waals surface area contributed by atoms with Crippen molar-refractivity contribution < 1.29 is 9.90 Å². The first-order chi connectivity index (χ1) is 10.6. The van der Waals surface area contributed by atoms with E-state index in [0.717, 1.165) is 6.42 Å². The number of aliphatic hydroxyl groups is 1. The molecule has 0 fully saturated rings. The summed E-state index contributed by atoms with van der Waals surface area (Å²) in [6, 6.07) is 10.3. The third-order valence-electron chi connectivity index (χ3n) is 3.17. The molecule has 0 aliphatic heterocycles. The summed E-state index contributed by atoms with van der Waals surface area (Å²) in [5, 5.41) is 15.6. The number of anilines is 2. The number of hydrogen-bond acceptors (Lipinski definition) is 4. The van der Waals surface area contributed by atoms with Crippen LogP contribution in [-0.2, 0) is 0 Å². The van der Waals surface area contributed by atoms with E-state index in [9.17, 15) is 4.79 Å². The minimum absolute atomic E-state index is 0.0369. The highest BCUT2D eigenvalue weighted by Crippen LogP contribution is 2.16. The summed E-state index contributed by atoms with van der Waals surface area (Å²) in [6.07, 6.45) is 2.28. The molecule has 6 heteroatoms. The average Bonchev–Trinajstić information content (AvgIpc) is 2.53. The number of carbonyl (C=O) groups is 1. The number of nitrogens with one attached hydrogen (secondary N) is 2. The van der Waals surface area contributed by atoms with E-state index in [1.165, 1.54) is 6.20 Å². The number of nitrogens with zero attached hydrogens (tertiary/aromatic N) is 1. The number of benzene rings is 1. The van der Waals surface area contributed by atoms with Crippen molar-refractivity contribution >= 4 is 29.0 Å². The predicted molar refractivity (Wildman–Crippen MR) is 88.4 cm³/mol. The summed E-state index contributed by atoms with van der Waals surface area (Å²) in [4.78, 5) is 16.3. The Bertz CT molecular complexity index is 628. The minimum atomic E-state index is -0.254. The van der Waals surface area contributed by atoms with Crippen LogP contribution < -0.4 is 10.6 Å². The molecule has 0 saturated carbocycles. The number of aromatic nitrogens is 1. The zero-order valence-electron chi connectivity index (χ0n) is 12.2. The van der Waals surface area contributed by atoms with E-state index in [1.807, 2.05) is 6.92 Å². The summed E-state index contributed by atoms with van der Waals surface area (Å²) in [5.74, 6) is 0.371. The van der Waals surface area contributed by atoms with Crippen molar-refractivity contribution in [3.63, 3.8) is 0 Å². The highest BCUT2D eigenvalue weighted by molar-refractivity contribution is 6.30. The van der Waals surface area contributed by atoms with Gasteiger partial charge in [0.1, 0.15) is 5.82 Å². The molecule has 1 heterocycles. The maximum atomic E-state index is 12.1. The van der Waals surface area contributed by atoms with E-state index in [1.54, 1.807) is 36.4 Å². The fraction of sp³-hybridized carbons (Fsp3) is 0.250. The number of amides is 1. The molecule has 1 aromatic carbocycles. The van der Waals surface area contributed by atoms with Crippen LogP contribution in [0.15, 0.2) is 42.6 Å². The number of carbonyl (C=O) groups excluding carboxylic acids is 1. The molecule has 0 radical (unpaired) electrons. The van der Waals surface area contributed by atoms with E-state index in [2.05, 4.69) is 15.6 Å². The molecule has 22 heavy (non-hydrogen) atoms. The summed E-state index contributed by atoms with van der Waals surface area (Å²) in [6.45, 7) is 2.01. The molecule has 2 rings (SSSR count). The molecular weight excluding hydrogens is 302 g/mol. The Hall–Kier alpha value is -2.11. The van der Waals surface area contributed by atoms with Crippen LogP contribution in [0.1, 0.15) is 23.7 Å². The lowest BCUT2D eigenvalue weighted by molar-refractivity contribution is 0.102. The number of halogens is 1. The van der Waals surface area contributed by atoms with Crippen molar-refractivity contribution in [2.24, 2.45) is 0 Å². The number of hydrogen-bond donors (Lipinski definition) is 3. The van der Waals surface area contributed by atoms with Gasteiger partial charge in [0.25, 0.3) is 5.91 Å². The largest absolute Gasteiger partial charge is 0.394 e. The minimum Gasteiger partial charge on any atom is -0.394 e. The third-order valence-corrected chi connectivity index (χ3v) is 3.41. The van der Waals surface area contributed by atoms with Crippen LogP contribution in [0.5, 0.6) is 0 Å². The first-order valence-electron chi connectivity index (χ1n) is 7.02. The van der Waals surface area contributed by atoms with E-state index >= 15 is 0 Å². The Balaban J connectivity index is 2.02. The molecule has 0 spiro atoms. The Kier molecular flexibility index (Phi) is 5.75. The van der Waals surface area contributed by atoms with Gasteiger partial charge in [-0.1, -0.05) is 24.6 Å². The SMILES string of the molecule is CC[C@@H](CO)Nc1ccc(C(=O)Nc2cccc(Cl)c2)cn1. The smallest absolute Gasteiger partial charge is 0.257 e. The molecule has 1 aromatic heterocycles. The molecule has 0 unspecified atom stereocenters. The van der Waals surface area contributed by atoms with Crippen LogP contribution in [0.2, 0.25) is 5.02 Å². The molecule has 116 valence electrons. The second-order valence-corrected chi connectivity index (χ2v) is 5.27. The fourth-order valence-corrected chi connectivity index (χ4v) is 2.06. The van der Waals surface area contributed by atoms with Crippen LogP contribution in [-0.4, -0.2) is 28.6 Å². The number of pyridine rings is 1. The van der Waals surface area contributed by atoms with Gasteiger partial charge in [-0.05, 0) is 36.8 Å². The van der Waals surface area contributed by atoms with E-state index in [-0.39, 0.29) is 18.6 Å². The van der Waals surface area contributed by atoms with E-state index in [0.29, 0.717) is 22.1 Å². The zero-order chi connectivity index (χ0) is 15.9. The maximum Gasteiger partial charge on any atom is 0.257 e. The van der Waals surface area contributed by atoms with Crippen molar-refractivity contribution in [1.29, 1.82) is 0 Å². The number of aliphatic hydroxyl groups excluding tert-OH is 1. The summed E-state index contributed by atoms with van der Waals surface area (Å²) in [7, 11) is 0. The van der Waals surface area contributed by atoms with Crippen LogP contribution in [0, 0.1) is 0 Å². The predicted octanol–water partition coefficient (Wildman–Crippen LogP) is 3.17. The normalized spacial score (nSPS) is 11.8. The molecule has 5 nitrogen and oxygen atoms in total. The monoisotopic (exact) mass is 319 g/mol. The van der Waals surface area contributed by atoms with Gasteiger partial charge in [0.2, 0.25) is 0 Å². The molecular formula is C16H18ClN3O2. The first-order valence-corrected chi connectivity index (χ1v) is 7.40. The fourth-order valence-electron chi connectivity index (χ4n) is 1.87. The van der Waals surface area contributed by atoms with Crippen molar-refractivity contribution in [3.8, 4) is 0 Å². The molecule has 1 atom stereocenters. The molecule has 3 N–H and O–H groups in total. The van der Waals surface area contributed by atoms with E-state index < -0.39 is 0 Å². The molecule has 0 saturated heterocycles. The van der Waals surface area contributed by atoms with Gasteiger partial charge in [-0.2, -0.15) is 0 Å². The van der Waals surface area contributed by atoms with Crippen LogP contribution >= 0.6 is 11.6 Å². The first kappa shape index (κ1) is 16.3. The molecule has 0 bridgehead atoms. The van der Waals surface area contributed by atoms with Crippen molar-refractivity contribution in [2.45, 2.75) is 19.4 Å². The molecule has 2 aromatic rings. The third kappa shape index (κ3) is 4.44. The van der Waals surface area contributed by atoms with Gasteiger partial charge in [0, 0.05) is 16.9 Å². The van der Waals surface area contributed by atoms with Crippen LogP contribution in [0.4, 0.5) is 11.5 Å². The zero-order valence-corrected chi connectivity index (χ0v) is 13.0. The maximum absolute atomic E-state index is 12.1. The highest BCUT2D eigenvalue weighted by atomic mass is 35.5. The van der Waals surface area contributed by atoms with Gasteiger partial charge in [0.15, 0.2) is 0 Å². The van der Waals surface area contributed by atoms with Crippen LogP contribution in [0.3, 0.4) is 0 Å².